The molecule has 0 aliphatic carbocycles. The molecule has 0 aliphatic heterocycles. The third kappa shape index (κ3) is 5.72. The van der Waals surface area contributed by atoms with Crippen molar-refractivity contribution in [2.24, 2.45) is 5.73 Å². The van der Waals surface area contributed by atoms with Crippen molar-refractivity contribution in [2.45, 2.75) is 45.4 Å². The van der Waals surface area contributed by atoms with E-state index in [0.29, 0.717) is 23.5 Å². The monoisotopic (exact) mass is 372 g/mol. The fraction of sp³-hybridized carbons (Fsp3) is 0.643. The van der Waals surface area contributed by atoms with Crippen LogP contribution in [0.2, 0.25) is 0 Å². The topological polar surface area (TPSA) is 151 Å². The van der Waals surface area contributed by atoms with Crippen LogP contribution in [-0.2, 0) is 20.4 Å². The summed E-state index contributed by atoms with van der Waals surface area (Å²) >= 11 is 0. The minimum atomic E-state index is -3.84. The van der Waals surface area contributed by atoms with Crippen molar-refractivity contribution in [3.63, 3.8) is 0 Å². The Balaban J connectivity index is 1.86. The predicted molar refractivity (Wildman–Crippen MR) is 93.8 cm³/mol. The Morgan fingerprint density at radius 1 is 1.40 bits per heavy atom. The van der Waals surface area contributed by atoms with Gasteiger partial charge in [-0.1, -0.05) is 13.3 Å². The molecule has 11 heteroatoms. The van der Waals surface area contributed by atoms with Crippen LogP contribution >= 0.6 is 7.60 Å². The molecule has 25 heavy (non-hydrogen) atoms. The second-order valence-corrected chi connectivity index (χ2v) is 7.71. The predicted octanol–water partition coefficient (Wildman–Crippen LogP) is 1.10. The molecular weight excluding hydrogens is 347 g/mol. The lowest BCUT2D eigenvalue weighted by Gasteiger charge is -2.18. The van der Waals surface area contributed by atoms with Gasteiger partial charge in [0.25, 0.3) is 0 Å². The molecule has 2 rings (SSSR count). The molecule has 0 radical (unpaired) electrons. The van der Waals surface area contributed by atoms with Crippen molar-refractivity contribution in [3.05, 3.63) is 12.7 Å². The summed E-state index contributed by atoms with van der Waals surface area (Å²) in [5.41, 5.74) is 12.6. The molecule has 0 bridgehead atoms. The number of nitrogen functional groups attached to an aromatic ring is 1. The second-order valence-electron chi connectivity index (χ2n) is 5.92. The van der Waals surface area contributed by atoms with Crippen LogP contribution in [0.25, 0.3) is 11.2 Å². The fourth-order valence-electron chi connectivity index (χ4n) is 2.29. The molecule has 0 saturated carbocycles. The van der Waals surface area contributed by atoms with Gasteiger partial charge in [-0.15, -0.1) is 0 Å². The van der Waals surface area contributed by atoms with E-state index in [1.54, 1.807) is 17.8 Å². The minimum Gasteiger partial charge on any atom is -0.382 e. The zero-order chi connectivity index (χ0) is 18.4. The van der Waals surface area contributed by atoms with E-state index in [1.807, 2.05) is 6.92 Å². The summed E-state index contributed by atoms with van der Waals surface area (Å²) in [7, 11) is -3.84. The number of aromatic nitrogens is 4. The highest BCUT2D eigenvalue weighted by atomic mass is 31.2. The van der Waals surface area contributed by atoms with Crippen molar-refractivity contribution in [3.8, 4) is 0 Å². The third-order valence-corrected chi connectivity index (χ3v) is 4.58. The first-order valence-electron chi connectivity index (χ1n) is 8.07. The van der Waals surface area contributed by atoms with Gasteiger partial charge in [-0.3, -0.25) is 4.57 Å². The van der Waals surface area contributed by atoms with Crippen LogP contribution in [0.3, 0.4) is 0 Å². The smallest absolute Gasteiger partial charge is 0.353 e. The van der Waals surface area contributed by atoms with Crippen LogP contribution in [0.5, 0.6) is 0 Å². The van der Waals surface area contributed by atoms with Crippen molar-refractivity contribution < 1.29 is 18.7 Å². The molecule has 0 spiro atoms. The Morgan fingerprint density at radius 2 is 2.16 bits per heavy atom. The number of hydrogen-bond donors (Lipinski definition) is 3. The van der Waals surface area contributed by atoms with Gasteiger partial charge in [0.2, 0.25) is 0 Å². The van der Waals surface area contributed by atoms with E-state index >= 15 is 0 Å². The van der Waals surface area contributed by atoms with E-state index in [0.717, 1.165) is 12.8 Å². The molecule has 0 saturated heterocycles. The highest BCUT2D eigenvalue weighted by Gasteiger charge is 2.23. The highest BCUT2D eigenvalue weighted by molar-refractivity contribution is 7.52. The van der Waals surface area contributed by atoms with Gasteiger partial charge in [0.05, 0.1) is 25.6 Å². The van der Waals surface area contributed by atoms with Crippen molar-refractivity contribution in [1.82, 2.24) is 19.5 Å². The van der Waals surface area contributed by atoms with Gasteiger partial charge in [0.15, 0.2) is 11.5 Å². The van der Waals surface area contributed by atoms with Gasteiger partial charge in [-0.05, 0) is 13.3 Å². The first-order chi connectivity index (χ1) is 11.8. The minimum absolute atomic E-state index is 0.0295. The Morgan fingerprint density at radius 3 is 2.88 bits per heavy atom. The van der Waals surface area contributed by atoms with E-state index in [2.05, 4.69) is 15.0 Å². The number of nitrogens with zero attached hydrogens (tertiary/aromatic N) is 4. The number of anilines is 1. The third-order valence-electron chi connectivity index (χ3n) is 3.56. The largest absolute Gasteiger partial charge is 0.382 e. The molecule has 2 unspecified atom stereocenters. The van der Waals surface area contributed by atoms with Gasteiger partial charge in [0.1, 0.15) is 18.2 Å². The molecule has 0 aliphatic rings. The normalized spacial score (nSPS) is 16.6. The number of nitrogens with two attached hydrogens (primary N) is 2. The first kappa shape index (κ1) is 19.7. The number of fused-ring (bicyclic) bond motifs is 1. The highest BCUT2D eigenvalue weighted by Crippen LogP contribution is 2.42. The lowest BCUT2D eigenvalue weighted by atomic mass is 10.2. The van der Waals surface area contributed by atoms with Gasteiger partial charge < -0.3 is 30.2 Å². The zero-order valence-electron chi connectivity index (χ0n) is 14.4. The molecule has 140 valence electrons. The SMILES string of the molecule is CCC[C@@H](N)COP(=O)(O)COC(C)Cn1cnc2c(N)ncnc21. The van der Waals surface area contributed by atoms with Crippen LogP contribution in [0, 0.1) is 0 Å². The molecule has 0 amide bonds. The maximum Gasteiger partial charge on any atom is 0.353 e. The van der Waals surface area contributed by atoms with E-state index in [-0.39, 0.29) is 18.8 Å². The summed E-state index contributed by atoms with van der Waals surface area (Å²) in [6.45, 7) is 4.19. The van der Waals surface area contributed by atoms with E-state index in [9.17, 15) is 9.46 Å². The Labute approximate surface area is 146 Å². The Hall–Kier alpha value is -1.58. The van der Waals surface area contributed by atoms with Crippen molar-refractivity contribution in [2.75, 3.05) is 18.7 Å². The van der Waals surface area contributed by atoms with Crippen molar-refractivity contribution in [1.29, 1.82) is 0 Å². The molecule has 3 atom stereocenters. The molecule has 2 aromatic heterocycles. The molecular formula is C14H25N6O4P. The fourth-order valence-corrected chi connectivity index (χ4v) is 3.23. The standard InChI is InChI=1S/C14H25N6O4P/c1-3-4-11(15)6-24-25(21,22)9-23-10(2)5-20-8-19-12-13(16)17-7-18-14(12)20/h7-8,10-11H,3-6,9,15H2,1-2H3,(H,21,22)(H2,16,17,18)/t10?,11-/m1/s1. The average molecular weight is 372 g/mol. The van der Waals surface area contributed by atoms with Gasteiger partial charge in [-0.2, -0.15) is 0 Å². The van der Waals surface area contributed by atoms with Crippen molar-refractivity contribution >= 4 is 24.6 Å². The van der Waals surface area contributed by atoms with Crippen LogP contribution in [0.15, 0.2) is 12.7 Å². The molecule has 5 N–H and O–H groups in total. The summed E-state index contributed by atoms with van der Waals surface area (Å²) in [6, 6.07) is -0.259. The Kier molecular flexibility index (Phi) is 6.86. The maximum absolute atomic E-state index is 12.0. The number of hydrogen-bond acceptors (Lipinski definition) is 8. The van der Waals surface area contributed by atoms with Crippen LogP contribution in [0.1, 0.15) is 26.7 Å². The lowest BCUT2D eigenvalue weighted by molar-refractivity contribution is 0.0709. The number of imidazole rings is 1. The van der Waals surface area contributed by atoms with E-state index in [1.165, 1.54) is 6.33 Å². The summed E-state index contributed by atoms with van der Waals surface area (Å²) in [5, 5.41) is 0. The summed E-state index contributed by atoms with van der Waals surface area (Å²) in [4.78, 5) is 22.0. The van der Waals surface area contributed by atoms with Crippen LogP contribution in [0.4, 0.5) is 5.82 Å². The zero-order valence-corrected chi connectivity index (χ0v) is 15.3. The summed E-state index contributed by atoms with van der Waals surface area (Å²) in [6.07, 6.45) is 3.79. The first-order valence-corrected chi connectivity index (χ1v) is 9.83. The van der Waals surface area contributed by atoms with Crippen LogP contribution in [-0.4, -0.2) is 49.5 Å². The van der Waals surface area contributed by atoms with E-state index < -0.39 is 13.9 Å². The summed E-state index contributed by atoms with van der Waals surface area (Å²) < 4.78 is 24.2. The average Bonchev–Trinajstić information content (AvgIpc) is 2.96. The van der Waals surface area contributed by atoms with E-state index in [4.69, 9.17) is 20.7 Å². The van der Waals surface area contributed by atoms with Gasteiger partial charge in [0, 0.05) is 6.04 Å². The van der Waals surface area contributed by atoms with Crippen LogP contribution < -0.4 is 11.5 Å². The van der Waals surface area contributed by atoms with Gasteiger partial charge in [-0.25, -0.2) is 15.0 Å². The number of ether oxygens (including phenoxy) is 1. The Bertz CT molecular complexity index is 739. The quantitative estimate of drug-likeness (QED) is 0.520. The molecule has 10 nitrogen and oxygen atoms in total. The number of rotatable bonds is 10. The molecule has 0 fully saturated rings. The lowest BCUT2D eigenvalue weighted by Crippen LogP contribution is -2.26. The molecule has 0 aromatic carbocycles. The molecule has 2 aromatic rings. The molecule has 2 heterocycles. The second kappa shape index (κ2) is 8.68. The maximum atomic E-state index is 12.0. The van der Waals surface area contributed by atoms with Gasteiger partial charge >= 0.3 is 7.60 Å². The summed E-state index contributed by atoms with van der Waals surface area (Å²) in [5.74, 6) is 0.300.